The summed E-state index contributed by atoms with van der Waals surface area (Å²) in [5.41, 5.74) is 2.98. The highest BCUT2D eigenvalue weighted by Crippen LogP contribution is 2.26. The van der Waals surface area contributed by atoms with Gasteiger partial charge in [0.2, 0.25) is 0 Å². The lowest BCUT2D eigenvalue weighted by Gasteiger charge is -2.30. The molecule has 0 spiro atoms. The molecule has 0 aromatic heterocycles. The van der Waals surface area contributed by atoms with Crippen LogP contribution in [0.15, 0.2) is 36.9 Å². The molecule has 0 heterocycles. The maximum atomic E-state index is 3.92. The van der Waals surface area contributed by atoms with E-state index < -0.39 is 0 Å². The van der Waals surface area contributed by atoms with Crippen LogP contribution in [0.2, 0.25) is 0 Å². The van der Waals surface area contributed by atoms with Crippen LogP contribution < -0.4 is 16.9 Å². The Kier molecular flexibility index (Phi) is 16.6. The van der Waals surface area contributed by atoms with Crippen LogP contribution in [0.1, 0.15) is 96.0 Å². The van der Waals surface area contributed by atoms with Gasteiger partial charge in [0.15, 0.2) is 0 Å². The lowest BCUT2D eigenvalue weighted by atomic mass is 10.0. The number of unbranched alkanes of at least 4 members (excludes halogenated alkanes) is 12. The van der Waals surface area contributed by atoms with Gasteiger partial charge in [-0.05, 0) is 25.0 Å². The van der Waals surface area contributed by atoms with Crippen molar-refractivity contribution in [3.63, 3.8) is 0 Å². The fourth-order valence-electron chi connectivity index (χ4n) is 4.07. The van der Waals surface area contributed by atoms with Gasteiger partial charge in [0.1, 0.15) is 12.2 Å². The van der Waals surface area contributed by atoms with E-state index in [1.165, 1.54) is 101 Å². The summed E-state index contributed by atoms with van der Waals surface area (Å²) in [5.74, 6) is 0. The summed E-state index contributed by atoms with van der Waals surface area (Å²) in [6.45, 7) is 7.20. The molecule has 0 saturated carbocycles. The summed E-state index contributed by atoms with van der Waals surface area (Å²) in [4.78, 5) is 0. The fraction of sp³-hybridized carbons (Fsp3) is 0.692. The minimum Gasteiger partial charge on any atom is -1.00 e. The van der Waals surface area contributed by atoms with Crippen molar-refractivity contribution >= 4 is 5.69 Å². The molecule has 2 heteroatoms. The van der Waals surface area contributed by atoms with Gasteiger partial charge in [-0.15, -0.1) is 0 Å². The van der Waals surface area contributed by atoms with E-state index in [2.05, 4.69) is 51.9 Å². The normalized spacial score (nSPS) is 11.2. The van der Waals surface area contributed by atoms with Crippen molar-refractivity contribution in [2.24, 2.45) is 0 Å². The molecule has 0 saturated heterocycles. The number of aryl methyl sites for hydroxylation is 1. The Hall–Kier alpha value is -0.790. The molecule has 0 atom stereocenters. The molecule has 0 aliphatic heterocycles. The Morgan fingerprint density at radius 3 is 1.71 bits per heavy atom. The number of nitrogens with zero attached hydrogens (tertiary/aromatic N) is 1. The zero-order valence-electron chi connectivity index (χ0n) is 19.0. The molecular weight excluding hydrogens is 362 g/mol. The standard InChI is InChI=1S/C26H46N.ClH/c1-5-7-8-9-10-11-12-13-14-15-16-17-18-21-25-22-19-20-23-26(25)27(3,4)24-6-2;/h6,19-20,22-23H,2,5,7-18,21,24H2,1,3-4H3;1H/q+1;/p-1. The van der Waals surface area contributed by atoms with Gasteiger partial charge >= 0.3 is 0 Å². The Morgan fingerprint density at radius 2 is 1.21 bits per heavy atom. The Morgan fingerprint density at radius 1 is 0.750 bits per heavy atom. The first-order chi connectivity index (χ1) is 13.1. The fourth-order valence-corrected chi connectivity index (χ4v) is 4.07. The van der Waals surface area contributed by atoms with Crippen LogP contribution in [0.25, 0.3) is 0 Å². The summed E-state index contributed by atoms with van der Waals surface area (Å²) in [5, 5.41) is 0. The van der Waals surface area contributed by atoms with Gasteiger partial charge in [0.05, 0.1) is 14.1 Å². The van der Waals surface area contributed by atoms with Gasteiger partial charge in [-0.2, -0.15) is 0 Å². The quantitative estimate of drug-likeness (QED) is 0.192. The third-order valence-corrected chi connectivity index (χ3v) is 5.78. The molecule has 0 amide bonds. The van der Waals surface area contributed by atoms with E-state index in [9.17, 15) is 0 Å². The first kappa shape index (κ1) is 27.2. The Bertz CT molecular complexity index is 495. The molecule has 0 unspecified atom stereocenters. The van der Waals surface area contributed by atoms with Crippen LogP contribution in [0, 0.1) is 0 Å². The predicted octanol–water partition coefficient (Wildman–Crippen LogP) is 5.08. The minimum absolute atomic E-state index is 0. The largest absolute Gasteiger partial charge is 1.00 e. The van der Waals surface area contributed by atoms with Crippen molar-refractivity contribution in [3.05, 3.63) is 42.5 Å². The Labute approximate surface area is 182 Å². The molecule has 1 aromatic carbocycles. The average Bonchev–Trinajstić information content (AvgIpc) is 2.65. The molecule has 28 heavy (non-hydrogen) atoms. The second kappa shape index (κ2) is 17.1. The molecule has 0 fully saturated rings. The monoisotopic (exact) mass is 407 g/mol. The molecule has 1 nitrogen and oxygen atoms in total. The van der Waals surface area contributed by atoms with Crippen molar-refractivity contribution in [1.29, 1.82) is 0 Å². The smallest absolute Gasteiger partial charge is 0.135 e. The summed E-state index contributed by atoms with van der Waals surface area (Å²) in [6, 6.07) is 8.97. The third-order valence-electron chi connectivity index (χ3n) is 5.78. The van der Waals surface area contributed by atoms with Crippen LogP contribution in [0.5, 0.6) is 0 Å². The summed E-state index contributed by atoms with van der Waals surface area (Å²) >= 11 is 0. The highest BCUT2D eigenvalue weighted by Gasteiger charge is 2.20. The number of hydrogen-bond donors (Lipinski definition) is 0. The van der Waals surface area contributed by atoms with E-state index >= 15 is 0 Å². The van der Waals surface area contributed by atoms with Crippen molar-refractivity contribution in [2.75, 3.05) is 20.6 Å². The molecule has 0 bridgehead atoms. The lowest BCUT2D eigenvalue weighted by molar-refractivity contribution is -0.00000603. The van der Waals surface area contributed by atoms with Crippen LogP contribution in [-0.4, -0.2) is 20.6 Å². The van der Waals surface area contributed by atoms with Crippen molar-refractivity contribution in [3.8, 4) is 0 Å². The summed E-state index contributed by atoms with van der Waals surface area (Å²) in [6.07, 6.45) is 21.7. The number of likely N-dealkylation sites (N-methyl/N-ethyl adjacent to an activating group) is 1. The van der Waals surface area contributed by atoms with E-state index in [-0.39, 0.29) is 12.4 Å². The topological polar surface area (TPSA) is 0 Å². The first-order valence-corrected chi connectivity index (χ1v) is 11.6. The summed E-state index contributed by atoms with van der Waals surface area (Å²) in [7, 11) is 4.56. The van der Waals surface area contributed by atoms with Crippen molar-refractivity contribution < 1.29 is 12.4 Å². The van der Waals surface area contributed by atoms with Gasteiger partial charge in [-0.3, -0.25) is 4.48 Å². The molecule has 1 aromatic rings. The van der Waals surface area contributed by atoms with Gasteiger partial charge in [0, 0.05) is 5.56 Å². The molecule has 0 aliphatic rings. The number of para-hydroxylation sites is 1. The molecular formula is C26H46ClN. The molecule has 0 N–H and O–H groups in total. The lowest BCUT2D eigenvalue weighted by Crippen LogP contribution is -3.00. The maximum absolute atomic E-state index is 3.92. The van der Waals surface area contributed by atoms with Gasteiger partial charge in [-0.25, -0.2) is 0 Å². The van der Waals surface area contributed by atoms with Gasteiger partial charge in [0.25, 0.3) is 0 Å². The average molecular weight is 408 g/mol. The van der Waals surface area contributed by atoms with E-state index in [0.29, 0.717) is 0 Å². The van der Waals surface area contributed by atoms with Crippen LogP contribution in [0.3, 0.4) is 0 Å². The highest BCUT2D eigenvalue weighted by atomic mass is 35.5. The van der Waals surface area contributed by atoms with Crippen LogP contribution in [-0.2, 0) is 6.42 Å². The minimum atomic E-state index is 0. The molecule has 0 aliphatic carbocycles. The number of rotatable bonds is 17. The number of quaternary nitrogens is 1. The van der Waals surface area contributed by atoms with Gasteiger partial charge in [-0.1, -0.05) is 109 Å². The second-order valence-corrected chi connectivity index (χ2v) is 8.78. The SMILES string of the molecule is C=CC[N+](C)(C)c1ccccc1CCCCCCCCCCCCCCC.[Cl-]. The Balaban J connectivity index is 0.00000729. The predicted molar refractivity (Wildman–Crippen MR) is 125 cm³/mol. The molecule has 162 valence electrons. The third kappa shape index (κ3) is 11.9. The van der Waals surface area contributed by atoms with Crippen LogP contribution >= 0.6 is 0 Å². The van der Waals surface area contributed by atoms with E-state index in [1.54, 1.807) is 0 Å². The van der Waals surface area contributed by atoms with E-state index in [0.717, 1.165) is 11.0 Å². The van der Waals surface area contributed by atoms with Gasteiger partial charge < -0.3 is 12.4 Å². The van der Waals surface area contributed by atoms with E-state index in [4.69, 9.17) is 0 Å². The molecule has 0 radical (unpaired) electrons. The van der Waals surface area contributed by atoms with Crippen LogP contribution in [0.4, 0.5) is 5.69 Å². The number of hydrogen-bond acceptors (Lipinski definition) is 0. The maximum Gasteiger partial charge on any atom is 0.135 e. The van der Waals surface area contributed by atoms with Crippen molar-refractivity contribution in [2.45, 2.75) is 96.8 Å². The number of halogens is 1. The van der Waals surface area contributed by atoms with E-state index in [1.807, 2.05) is 6.08 Å². The first-order valence-electron chi connectivity index (χ1n) is 11.6. The second-order valence-electron chi connectivity index (χ2n) is 8.78. The zero-order valence-corrected chi connectivity index (χ0v) is 19.8. The highest BCUT2D eigenvalue weighted by molar-refractivity contribution is 5.50. The number of benzene rings is 1. The van der Waals surface area contributed by atoms with Crippen molar-refractivity contribution in [1.82, 2.24) is 4.48 Å². The zero-order chi connectivity index (χ0) is 19.8. The summed E-state index contributed by atoms with van der Waals surface area (Å²) < 4.78 is 0.901. The molecule has 1 rings (SSSR count).